The molecule has 0 radical (unpaired) electrons. The Bertz CT molecular complexity index is 641. The molecule has 3 rings (SSSR count). The van der Waals surface area contributed by atoms with Crippen molar-refractivity contribution >= 4 is 45.7 Å². The number of aryl methyl sites for hydroxylation is 1. The largest absolute Gasteiger partial charge is 0.273 e. The molecule has 1 aromatic carbocycles. The quantitative estimate of drug-likeness (QED) is 0.827. The second-order valence-electron chi connectivity index (χ2n) is 4.64. The molecule has 3 nitrogen and oxygen atoms in total. The third-order valence-corrected chi connectivity index (χ3v) is 5.64. The first-order valence-electron chi connectivity index (χ1n) is 6.22. The molecular formula is C14H13ClN2OS2. The summed E-state index contributed by atoms with van der Waals surface area (Å²) >= 11 is 9.13. The van der Waals surface area contributed by atoms with Gasteiger partial charge < -0.3 is 0 Å². The molecule has 1 saturated heterocycles. The molecule has 2 heterocycles. The van der Waals surface area contributed by atoms with Gasteiger partial charge >= 0.3 is 0 Å². The number of benzene rings is 1. The van der Waals surface area contributed by atoms with E-state index < -0.39 is 0 Å². The van der Waals surface area contributed by atoms with E-state index in [9.17, 15) is 4.79 Å². The maximum atomic E-state index is 12.4. The van der Waals surface area contributed by atoms with Crippen molar-refractivity contribution < 1.29 is 4.79 Å². The molecule has 2 aromatic rings. The first-order chi connectivity index (χ1) is 9.56. The van der Waals surface area contributed by atoms with Gasteiger partial charge in [0.15, 0.2) is 5.13 Å². The van der Waals surface area contributed by atoms with Gasteiger partial charge in [0.25, 0.3) is 0 Å². The van der Waals surface area contributed by atoms with Crippen LogP contribution in [0.1, 0.15) is 22.7 Å². The first-order valence-corrected chi connectivity index (χ1v) is 8.36. The summed E-state index contributed by atoms with van der Waals surface area (Å²) in [5, 5.41) is 1.39. The Morgan fingerprint density at radius 1 is 1.30 bits per heavy atom. The minimum absolute atomic E-state index is 0.0275. The summed E-state index contributed by atoms with van der Waals surface area (Å²) in [6.07, 6.45) is 1.81. The molecule has 0 saturated carbocycles. The number of hydrogen-bond acceptors (Lipinski definition) is 4. The summed E-state index contributed by atoms with van der Waals surface area (Å²) in [4.78, 5) is 19.7. The highest BCUT2D eigenvalue weighted by Gasteiger charge is 2.40. The van der Waals surface area contributed by atoms with Crippen molar-refractivity contribution in [2.75, 3.05) is 4.90 Å². The highest BCUT2D eigenvalue weighted by atomic mass is 35.5. The van der Waals surface area contributed by atoms with Crippen LogP contribution in [0, 0.1) is 6.92 Å². The monoisotopic (exact) mass is 324 g/mol. The average Bonchev–Trinajstić information content (AvgIpc) is 2.96. The van der Waals surface area contributed by atoms with Crippen molar-refractivity contribution in [3.05, 3.63) is 45.9 Å². The van der Waals surface area contributed by atoms with Gasteiger partial charge in [-0.3, -0.25) is 9.69 Å². The number of rotatable bonds is 2. The number of aromatic nitrogens is 1. The zero-order valence-electron chi connectivity index (χ0n) is 11.0. The lowest BCUT2D eigenvalue weighted by molar-refractivity contribution is -0.117. The van der Waals surface area contributed by atoms with E-state index in [0.717, 1.165) is 15.6 Å². The maximum Gasteiger partial charge on any atom is 0.242 e. The van der Waals surface area contributed by atoms with E-state index in [1.54, 1.807) is 34.2 Å². The number of carbonyl (C=O) groups is 1. The molecule has 1 fully saturated rings. The maximum absolute atomic E-state index is 12.4. The Labute approximate surface area is 131 Å². The fraction of sp³-hybridized carbons (Fsp3) is 0.286. The van der Waals surface area contributed by atoms with Gasteiger partial charge in [0.2, 0.25) is 5.91 Å². The molecule has 1 aliphatic rings. The molecule has 6 heteroatoms. The van der Waals surface area contributed by atoms with E-state index in [-0.39, 0.29) is 16.5 Å². The minimum Gasteiger partial charge on any atom is -0.273 e. The van der Waals surface area contributed by atoms with Gasteiger partial charge in [-0.1, -0.05) is 23.7 Å². The number of carbonyl (C=O) groups excluding carboxylic acids is 1. The molecule has 20 heavy (non-hydrogen) atoms. The van der Waals surface area contributed by atoms with Crippen LogP contribution >= 0.6 is 34.7 Å². The molecule has 0 bridgehead atoms. The van der Waals surface area contributed by atoms with Crippen LogP contribution in [0.4, 0.5) is 5.13 Å². The Balaban J connectivity index is 2.00. The normalized spacial score (nSPS) is 22.6. The summed E-state index contributed by atoms with van der Waals surface area (Å²) < 4.78 is 0. The van der Waals surface area contributed by atoms with Crippen molar-refractivity contribution in [3.8, 4) is 0 Å². The molecule has 1 amide bonds. The summed E-state index contributed by atoms with van der Waals surface area (Å²) in [7, 11) is 0. The third-order valence-electron chi connectivity index (χ3n) is 3.12. The second kappa shape index (κ2) is 5.39. The molecule has 1 aliphatic heterocycles. The van der Waals surface area contributed by atoms with E-state index in [2.05, 4.69) is 4.98 Å². The van der Waals surface area contributed by atoms with Crippen LogP contribution in [-0.2, 0) is 4.79 Å². The van der Waals surface area contributed by atoms with Gasteiger partial charge in [-0.25, -0.2) is 4.98 Å². The minimum atomic E-state index is -0.0557. The number of amides is 1. The Hall–Kier alpha value is -1.04. The summed E-state index contributed by atoms with van der Waals surface area (Å²) in [6.45, 7) is 3.94. The van der Waals surface area contributed by atoms with Crippen molar-refractivity contribution in [1.29, 1.82) is 0 Å². The number of thioether (sulfide) groups is 1. The molecular weight excluding hydrogens is 312 g/mol. The lowest BCUT2D eigenvalue weighted by atomic mass is 10.2. The Morgan fingerprint density at radius 2 is 2.00 bits per heavy atom. The smallest absolute Gasteiger partial charge is 0.242 e. The van der Waals surface area contributed by atoms with Crippen LogP contribution in [-0.4, -0.2) is 16.1 Å². The molecule has 1 aromatic heterocycles. The standard InChI is InChI=1S/C14H13ClN2OS2/c1-8-7-16-14(19-8)17-12(18)9(2)20-13(17)10-3-5-11(15)6-4-10/h3-7,9,13H,1-2H3/t9-,13-/m0/s1. The van der Waals surface area contributed by atoms with Crippen LogP contribution in [0.15, 0.2) is 30.5 Å². The number of nitrogens with zero attached hydrogens (tertiary/aromatic N) is 2. The van der Waals surface area contributed by atoms with Gasteiger partial charge in [0, 0.05) is 16.1 Å². The molecule has 0 unspecified atom stereocenters. The van der Waals surface area contributed by atoms with E-state index in [4.69, 9.17) is 11.6 Å². The average molecular weight is 325 g/mol. The van der Waals surface area contributed by atoms with Crippen LogP contribution in [0.25, 0.3) is 0 Å². The van der Waals surface area contributed by atoms with Gasteiger partial charge in [0.1, 0.15) is 5.37 Å². The van der Waals surface area contributed by atoms with E-state index in [1.165, 1.54) is 0 Å². The van der Waals surface area contributed by atoms with Gasteiger partial charge in [0.05, 0.1) is 5.25 Å². The molecule has 104 valence electrons. The summed E-state index contributed by atoms with van der Waals surface area (Å²) in [5.41, 5.74) is 1.07. The third kappa shape index (κ3) is 2.45. The Morgan fingerprint density at radius 3 is 2.60 bits per heavy atom. The van der Waals surface area contributed by atoms with Crippen LogP contribution in [0.3, 0.4) is 0 Å². The Kier molecular flexibility index (Phi) is 3.75. The number of thiazole rings is 1. The number of halogens is 1. The summed E-state index contributed by atoms with van der Waals surface area (Å²) in [6, 6.07) is 7.66. The summed E-state index contributed by atoms with van der Waals surface area (Å²) in [5.74, 6) is 0.115. The topological polar surface area (TPSA) is 33.2 Å². The zero-order chi connectivity index (χ0) is 14.3. The fourth-order valence-electron chi connectivity index (χ4n) is 2.13. The number of anilines is 1. The molecule has 0 spiro atoms. The predicted octanol–water partition coefficient (Wildman–Crippen LogP) is 4.27. The molecule has 0 aliphatic carbocycles. The van der Waals surface area contributed by atoms with Crippen molar-refractivity contribution in [2.45, 2.75) is 24.5 Å². The van der Waals surface area contributed by atoms with Crippen molar-refractivity contribution in [3.63, 3.8) is 0 Å². The second-order valence-corrected chi connectivity index (χ2v) is 7.72. The van der Waals surface area contributed by atoms with Crippen LogP contribution < -0.4 is 4.90 Å². The van der Waals surface area contributed by atoms with Gasteiger partial charge in [-0.15, -0.1) is 23.1 Å². The number of hydrogen-bond donors (Lipinski definition) is 0. The van der Waals surface area contributed by atoms with Gasteiger partial charge in [-0.2, -0.15) is 0 Å². The van der Waals surface area contributed by atoms with E-state index in [0.29, 0.717) is 5.02 Å². The van der Waals surface area contributed by atoms with Crippen LogP contribution in [0.2, 0.25) is 5.02 Å². The van der Waals surface area contributed by atoms with Gasteiger partial charge in [-0.05, 0) is 31.5 Å². The van der Waals surface area contributed by atoms with Crippen molar-refractivity contribution in [2.24, 2.45) is 0 Å². The first kappa shape index (κ1) is 13.9. The zero-order valence-corrected chi connectivity index (χ0v) is 13.4. The highest BCUT2D eigenvalue weighted by molar-refractivity contribution is 8.01. The molecule has 2 atom stereocenters. The predicted molar refractivity (Wildman–Crippen MR) is 85.6 cm³/mol. The lowest BCUT2D eigenvalue weighted by Crippen LogP contribution is -2.29. The van der Waals surface area contributed by atoms with E-state index in [1.807, 2.05) is 38.1 Å². The molecule has 0 N–H and O–H groups in total. The SMILES string of the molecule is Cc1cnc(N2C(=O)[C@H](C)S[C@H]2c2ccc(Cl)cc2)s1. The van der Waals surface area contributed by atoms with E-state index >= 15 is 0 Å². The fourth-order valence-corrected chi connectivity index (χ4v) is 4.37. The highest BCUT2D eigenvalue weighted by Crippen LogP contribution is 2.46. The van der Waals surface area contributed by atoms with Crippen LogP contribution in [0.5, 0.6) is 0 Å². The lowest BCUT2D eigenvalue weighted by Gasteiger charge is -2.21. The van der Waals surface area contributed by atoms with Crippen molar-refractivity contribution in [1.82, 2.24) is 4.98 Å².